The summed E-state index contributed by atoms with van der Waals surface area (Å²) in [6.07, 6.45) is 3.87. The standard InChI is InChI=1S/C13H24O4S/c1-5-6-8-13(18(15,16)17)9-7-10(2)12(3,4)11(13)14/h7,9-11,14H,5-6,8H2,1-4H3,(H,15,16,17). The quantitative estimate of drug-likeness (QED) is 0.611. The molecule has 1 aliphatic carbocycles. The number of hydrogen-bond donors (Lipinski definition) is 2. The van der Waals surface area contributed by atoms with Crippen molar-refractivity contribution in [1.29, 1.82) is 0 Å². The lowest BCUT2D eigenvalue weighted by atomic mass is 9.66. The van der Waals surface area contributed by atoms with Gasteiger partial charge in [0.2, 0.25) is 0 Å². The lowest BCUT2D eigenvalue weighted by molar-refractivity contribution is -0.00847. The molecule has 106 valence electrons. The molecular weight excluding hydrogens is 252 g/mol. The molecule has 5 heteroatoms. The molecule has 0 bridgehead atoms. The van der Waals surface area contributed by atoms with Gasteiger partial charge in [0.1, 0.15) is 4.75 Å². The van der Waals surface area contributed by atoms with Gasteiger partial charge in [0, 0.05) is 0 Å². The third kappa shape index (κ3) is 2.36. The second kappa shape index (κ2) is 4.94. The Morgan fingerprint density at radius 1 is 1.33 bits per heavy atom. The Morgan fingerprint density at radius 3 is 2.33 bits per heavy atom. The van der Waals surface area contributed by atoms with Gasteiger partial charge in [0.15, 0.2) is 0 Å². The molecule has 0 spiro atoms. The summed E-state index contributed by atoms with van der Waals surface area (Å²) >= 11 is 0. The fraction of sp³-hybridized carbons (Fsp3) is 0.846. The van der Waals surface area contributed by atoms with Crippen molar-refractivity contribution in [2.45, 2.75) is 57.8 Å². The second-order valence-corrected chi connectivity index (χ2v) is 7.62. The molecule has 3 unspecified atom stereocenters. The van der Waals surface area contributed by atoms with Gasteiger partial charge in [0.25, 0.3) is 10.1 Å². The Hall–Kier alpha value is -0.390. The molecule has 18 heavy (non-hydrogen) atoms. The highest BCUT2D eigenvalue weighted by Gasteiger charge is 2.55. The van der Waals surface area contributed by atoms with Crippen molar-refractivity contribution in [3.8, 4) is 0 Å². The van der Waals surface area contributed by atoms with Crippen molar-refractivity contribution in [3.63, 3.8) is 0 Å². The van der Waals surface area contributed by atoms with Gasteiger partial charge in [-0.05, 0) is 17.8 Å². The zero-order valence-corrected chi connectivity index (χ0v) is 12.4. The van der Waals surface area contributed by atoms with Crippen LogP contribution >= 0.6 is 0 Å². The molecule has 0 aromatic heterocycles. The van der Waals surface area contributed by atoms with Crippen molar-refractivity contribution in [2.24, 2.45) is 11.3 Å². The van der Waals surface area contributed by atoms with Gasteiger partial charge in [0.05, 0.1) is 6.10 Å². The Morgan fingerprint density at radius 2 is 1.89 bits per heavy atom. The smallest absolute Gasteiger partial charge is 0.276 e. The fourth-order valence-corrected chi connectivity index (χ4v) is 3.79. The van der Waals surface area contributed by atoms with Crippen molar-refractivity contribution in [1.82, 2.24) is 0 Å². The molecule has 0 fully saturated rings. The lowest BCUT2D eigenvalue weighted by Crippen LogP contribution is -2.57. The summed E-state index contributed by atoms with van der Waals surface area (Å²) in [7, 11) is -4.34. The average Bonchev–Trinajstić information content (AvgIpc) is 2.25. The third-order valence-electron chi connectivity index (χ3n) is 4.41. The third-order valence-corrected chi connectivity index (χ3v) is 5.93. The van der Waals surface area contributed by atoms with E-state index >= 15 is 0 Å². The first-order valence-corrected chi connectivity index (χ1v) is 7.88. The van der Waals surface area contributed by atoms with Crippen molar-refractivity contribution >= 4 is 10.1 Å². The molecule has 1 rings (SSSR count). The summed E-state index contributed by atoms with van der Waals surface area (Å²) in [5.41, 5.74) is -0.585. The van der Waals surface area contributed by atoms with Crippen LogP contribution in [0.2, 0.25) is 0 Å². The molecule has 0 aromatic rings. The minimum absolute atomic E-state index is 0.0593. The van der Waals surface area contributed by atoms with Crippen LogP contribution < -0.4 is 0 Å². The van der Waals surface area contributed by atoms with Gasteiger partial charge in [-0.15, -0.1) is 0 Å². The lowest BCUT2D eigenvalue weighted by Gasteiger charge is -2.47. The van der Waals surface area contributed by atoms with Gasteiger partial charge in [-0.3, -0.25) is 4.55 Å². The second-order valence-electron chi connectivity index (χ2n) is 5.91. The van der Waals surface area contributed by atoms with E-state index in [1.54, 1.807) is 6.08 Å². The Balaban J connectivity index is 3.32. The maximum Gasteiger partial charge on any atom is 0.276 e. The van der Waals surface area contributed by atoms with Gasteiger partial charge in [-0.25, -0.2) is 0 Å². The van der Waals surface area contributed by atoms with Crippen LogP contribution in [0, 0.1) is 11.3 Å². The molecule has 0 radical (unpaired) electrons. The highest BCUT2D eigenvalue weighted by molar-refractivity contribution is 7.87. The number of hydrogen-bond acceptors (Lipinski definition) is 3. The van der Waals surface area contributed by atoms with Crippen molar-refractivity contribution < 1.29 is 18.1 Å². The van der Waals surface area contributed by atoms with Crippen LogP contribution in [0.5, 0.6) is 0 Å². The van der Waals surface area contributed by atoms with E-state index in [-0.39, 0.29) is 12.3 Å². The van der Waals surface area contributed by atoms with E-state index in [1.807, 2.05) is 27.7 Å². The Bertz CT molecular complexity index is 424. The molecule has 4 nitrogen and oxygen atoms in total. The minimum atomic E-state index is -4.34. The SMILES string of the molecule is CCCCC1(S(=O)(=O)O)C=CC(C)C(C)(C)C1O. The average molecular weight is 276 g/mol. The topological polar surface area (TPSA) is 74.6 Å². The highest BCUT2D eigenvalue weighted by atomic mass is 32.2. The first-order valence-electron chi connectivity index (χ1n) is 6.44. The Labute approximate surface area is 110 Å². The van der Waals surface area contributed by atoms with E-state index in [9.17, 15) is 18.1 Å². The normalized spacial score (nSPS) is 35.7. The van der Waals surface area contributed by atoms with E-state index in [0.29, 0.717) is 6.42 Å². The van der Waals surface area contributed by atoms with Crippen LogP contribution in [-0.2, 0) is 10.1 Å². The Kier molecular flexibility index (Phi) is 4.30. The van der Waals surface area contributed by atoms with Crippen LogP contribution in [0.3, 0.4) is 0 Å². The van der Waals surface area contributed by atoms with E-state index in [2.05, 4.69) is 0 Å². The molecule has 1 aliphatic rings. The number of rotatable bonds is 4. The summed E-state index contributed by atoms with van der Waals surface area (Å²) in [4.78, 5) is 0. The number of aliphatic hydroxyl groups excluding tert-OH is 1. The highest BCUT2D eigenvalue weighted by Crippen LogP contribution is 2.46. The predicted molar refractivity (Wildman–Crippen MR) is 71.9 cm³/mol. The predicted octanol–water partition coefficient (Wildman–Crippen LogP) is 2.40. The van der Waals surface area contributed by atoms with Crippen LogP contribution in [0.25, 0.3) is 0 Å². The first-order chi connectivity index (χ1) is 8.09. The zero-order valence-electron chi connectivity index (χ0n) is 11.5. The van der Waals surface area contributed by atoms with E-state index < -0.39 is 26.4 Å². The molecule has 3 atom stereocenters. The summed E-state index contributed by atoms with van der Waals surface area (Å²) in [6, 6.07) is 0. The molecular formula is C13H24O4S. The van der Waals surface area contributed by atoms with E-state index in [1.165, 1.54) is 6.08 Å². The molecule has 0 saturated carbocycles. The first kappa shape index (κ1) is 15.7. The van der Waals surface area contributed by atoms with Crippen LogP contribution in [0.15, 0.2) is 12.2 Å². The number of allylic oxidation sites excluding steroid dienone is 1. The van der Waals surface area contributed by atoms with Crippen LogP contribution in [0.1, 0.15) is 47.0 Å². The van der Waals surface area contributed by atoms with Crippen LogP contribution in [-0.4, -0.2) is 28.9 Å². The fourth-order valence-electron chi connectivity index (χ4n) is 2.55. The monoisotopic (exact) mass is 276 g/mol. The molecule has 0 saturated heterocycles. The summed E-state index contributed by atoms with van der Waals surface area (Å²) in [5.74, 6) is 0.0593. The maximum absolute atomic E-state index is 11.8. The summed E-state index contributed by atoms with van der Waals surface area (Å²) in [5, 5.41) is 10.5. The summed E-state index contributed by atoms with van der Waals surface area (Å²) in [6.45, 7) is 7.55. The minimum Gasteiger partial charge on any atom is -0.390 e. The molecule has 0 amide bonds. The van der Waals surface area contributed by atoms with Crippen molar-refractivity contribution in [3.05, 3.63) is 12.2 Å². The molecule has 2 N–H and O–H groups in total. The van der Waals surface area contributed by atoms with Gasteiger partial charge in [-0.2, -0.15) is 8.42 Å². The maximum atomic E-state index is 11.8. The number of aliphatic hydroxyl groups is 1. The number of unbranched alkanes of at least 4 members (excludes halogenated alkanes) is 1. The molecule has 0 aliphatic heterocycles. The molecule has 0 aromatic carbocycles. The molecule has 0 heterocycles. The van der Waals surface area contributed by atoms with E-state index in [4.69, 9.17) is 0 Å². The van der Waals surface area contributed by atoms with Crippen LogP contribution in [0.4, 0.5) is 0 Å². The van der Waals surface area contributed by atoms with Crippen molar-refractivity contribution in [2.75, 3.05) is 0 Å². The summed E-state index contributed by atoms with van der Waals surface area (Å²) < 4.78 is 31.5. The van der Waals surface area contributed by atoms with E-state index in [0.717, 1.165) is 6.42 Å². The van der Waals surface area contributed by atoms with Gasteiger partial charge >= 0.3 is 0 Å². The van der Waals surface area contributed by atoms with Gasteiger partial charge in [-0.1, -0.05) is 52.7 Å². The zero-order chi connectivity index (χ0) is 14.2. The largest absolute Gasteiger partial charge is 0.390 e. The van der Waals surface area contributed by atoms with Gasteiger partial charge < -0.3 is 5.11 Å².